The molecule has 0 bridgehead atoms. The highest BCUT2D eigenvalue weighted by Crippen LogP contribution is 2.27. The Bertz CT molecular complexity index is 1190. The molecule has 1 N–H and O–H groups in total. The minimum absolute atomic E-state index is 0.0343. The molecule has 0 aliphatic carbocycles. The van der Waals surface area contributed by atoms with Crippen LogP contribution in [0.15, 0.2) is 59.4 Å². The first-order chi connectivity index (χ1) is 13.0. The second-order valence-electron chi connectivity index (χ2n) is 6.54. The SMILES string of the molecule is CC(=O)c1sc2nc(Cc3ccc(-c4ccccc4)cc3)[nH]c(=O)c2c1C. The number of carbonyl (C=O) groups excluding carboxylic acids is 1. The molecule has 2 aromatic heterocycles. The molecule has 27 heavy (non-hydrogen) atoms. The van der Waals surface area contributed by atoms with Crippen LogP contribution >= 0.6 is 11.3 Å². The zero-order chi connectivity index (χ0) is 19.0. The summed E-state index contributed by atoms with van der Waals surface area (Å²) in [6.45, 7) is 3.32. The third-order valence-corrected chi connectivity index (χ3v) is 5.89. The fourth-order valence-corrected chi connectivity index (χ4v) is 4.34. The smallest absolute Gasteiger partial charge is 0.259 e. The number of hydrogen-bond acceptors (Lipinski definition) is 4. The lowest BCUT2D eigenvalue weighted by Crippen LogP contribution is -2.12. The van der Waals surface area contributed by atoms with Crippen LogP contribution < -0.4 is 5.56 Å². The van der Waals surface area contributed by atoms with Crippen molar-refractivity contribution in [2.75, 3.05) is 0 Å². The highest BCUT2D eigenvalue weighted by atomic mass is 32.1. The van der Waals surface area contributed by atoms with Crippen molar-refractivity contribution in [1.82, 2.24) is 9.97 Å². The summed E-state index contributed by atoms with van der Waals surface area (Å²) in [5.74, 6) is 0.573. The number of carbonyl (C=O) groups is 1. The van der Waals surface area contributed by atoms with Gasteiger partial charge in [0.2, 0.25) is 0 Å². The van der Waals surface area contributed by atoms with Crippen molar-refractivity contribution in [2.45, 2.75) is 20.3 Å². The maximum absolute atomic E-state index is 12.5. The summed E-state index contributed by atoms with van der Waals surface area (Å²) >= 11 is 1.29. The van der Waals surface area contributed by atoms with Crippen molar-refractivity contribution in [3.63, 3.8) is 0 Å². The molecule has 134 valence electrons. The molecule has 4 aromatic rings. The first-order valence-corrected chi connectivity index (χ1v) is 9.52. The Balaban J connectivity index is 1.65. The number of aromatic nitrogens is 2. The van der Waals surface area contributed by atoms with E-state index in [1.54, 1.807) is 6.92 Å². The van der Waals surface area contributed by atoms with E-state index in [1.165, 1.54) is 23.8 Å². The van der Waals surface area contributed by atoms with Crippen molar-refractivity contribution in [2.24, 2.45) is 0 Å². The number of hydrogen-bond donors (Lipinski definition) is 1. The summed E-state index contributed by atoms with van der Waals surface area (Å²) in [6.07, 6.45) is 0.534. The average molecular weight is 374 g/mol. The van der Waals surface area contributed by atoms with Crippen LogP contribution in [0.1, 0.15) is 33.5 Å². The molecule has 0 unspecified atom stereocenters. The molecular formula is C22H18N2O2S. The van der Waals surface area contributed by atoms with Crippen LogP contribution in [0.2, 0.25) is 0 Å². The number of aromatic amines is 1. The number of Topliss-reactive ketones (excluding diaryl/α,β-unsaturated/α-hetero) is 1. The number of aryl methyl sites for hydroxylation is 1. The van der Waals surface area contributed by atoms with E-state index >= 15 is 0 Å². The Morgan fingerprint density at radius 1 is 1.04 bits per heavy atom. The zero-order valence-electron chi connectivity index (χ0n) is 15.1. The van der Waals surface area contributed by atoms with Crippen LogP contribution in [-0.4, -0.2) is 15.8 Å². The molecule has 0 amide bonds. The molecule has 0 radical (unpaired) electrons. The van der Waals surface area contributed by atoms with Crippen LogP contribution in [-0.2, 0) is 6.42 Å². The van der Waals surface area contributed by atoms with E-state index in [4.69, 9.17) is 0 Å². The van der Waals surface area contributed by atoms with Crippen LogP contribution in [0.5, 0.6) is 0 Å². The van der Waals surface area contributed by atoms with Crippen molar-refractivity contribution >= 4 is 27.3 Å². The van der Waals surface area contributed by atoms with Crippen LogP contribution in [0, 0.1) is 6.92 Å². The van der Waals surface area contributed by atoms with Gasteiger partial charge >= 0.3 is 0 Å². The molecule has 4 rings (SSSR count). The summed E-state index contributed by atoms with van der Waals surface area (Å²) in [5.41, 5.74) is 3.92. The largest absolute Gasteiger partial charge is 0.310 e. The zero-order valence-corrected chi connectivity index (χ0v) is 15.9. The minimum atomic E-state index is -0.183. The first kappa shape index (κ1) is 17.4. The molecule has 0 spiro atoms. The number of fused-ring (bicyclic) bond motifs is 1. The molecule has 0 aliphatic heterocycles. The van der Waals surface area contributed by atoms with Crippen molar-refractivity contribution in [3.8, 4) is 11.1 Å². The Labute approximate surface area is 160 Å². The van der Waals surface area contributed by atoms with Gasteiger partial charge < -0.3 is 4.98 Å². The summed E-state index contributed by atoms with van der Waals surface area (Å²) in [4.78, 5) is 32.9. The van der Waals surface area contributed by atoms with Crippen molar-refractivity contribution < 1.29 is 4.79 Å². The number of benzene rings is 2. The number of H-pyrrole nitrogens is 1. The predicted molar refractivity (Wildman–Crippen MR) is 110 cm³/mol. The summed E-state index contributed by atoms with van der Waals surface area (Å²) in [6, 6.07) is 18.4. The third kappa shape index (κ3) is 3.34. The van der Waals surface area contributed by atoms with Gasteiger partial charge in [0.1, 0.15) is 10.7 Å². The quantitative estimate of drug-likeness (QED) is 0.524. The second kappa shape index (κ2) is 6.93. The van der Waals surface area contributed by atoms with Crippen molar-refractivity contribution in [1.29, 1.82) is 0 Å². The highest BCUT2D eigenvalue weighted by Gasteiger charge is 2.16. The summed E-state index contributed by atoms with van der Waals surface area (Å²) in [7, 11) is 0. The van der Waals surface area contributed by atoms with E-state index < -0.39 is 0 Å². The van der Waals surface area contributed by atoms with E-state index in [0.29, 0.717) is 27.3 Å². The first-order valence-electron chi connectivity index (χ1n) is 8.70. The van der Waals surface area contributed by atoms with Gasteiger partial charge in [0, 0.05) is 6.42 Å². The molecule has 0 saturated heterocycles. The standard InChI is InChI=1S/C22H18N2O2S/c1-13-19-21(26)23-18(24-22(19)27-20(13)14(2)25)12-15-8-10-17(11-9-15)16-6-4-3-5-7-16/h3-11H,12H2,1-2H3,(H,23,24,26). The highest BCUT2D eigenvalue weighted by molar-refractivity contribution is 7.20. The van der Waals surface area contributed by atoms with Gasteiger partial charge in [-0.1, -0.05) is 54.6 Å². The van der Waals surface area contributed by atoms with Gasteiger partial charge in [-0.2, -0.15) is 0 Å². The Morgan fingerprint density at radius 3 is 2.37 bits per heavy atom. The van der Waals surface area contributed by atoms with Crippen LogP contribution in [0.4, 0.5) is 0 Å². The molecule has 5 heteroatoms. The lowest BCUT2D eigenvalue weighted by Gasteiger charge is -2.05. The molecule has 0 fully saturated rings. The lowest BCUT2D eigenvalue weighted by atomic mass is 10.0. The molecule has 0 saturated carbocycles. The summed E-state index contributed by atoms with van der Waals surface area (Å²) < 4.78 is 0. The predicted octanol–water partition coefficient (Wildman–Crippen LogP) is 4.75. The second-order valence-corrected chi connectivity index (χ2v) is 7.54. The Morgan fingerprint density at radius 2 is 1.70 bits per heavy atom. The van der Waals surface area contributed by atoms with Gasteiger partial charge in [0.25, 0.3) is 5.56 Å². The normalized spacial score (nSPS) is 11.0. The molecular weight excluding hydrogens is 356 g/mol. The van der Waals surface area contributed by atoms with Gasteiger partial charge in [-0.15, -0.1) is 11.3 Å². The Hall–Kier alpha value is -3.05. The van der Waals surface area contributed by atoms with E-state index in [9.17, 15) is 9.59 Å². The number of ketones is 1. The minimum Gasteiger partial charge on any atom is -0.310 e. The van der Waals surface area contributed by atoms with Gasteiger partial charge in [0.05, 0.1) is 10.3 Å². The molecule has 0 atom stereocenters. The van der Waals surface area contributed by atoms with E-state index in [0.717, 1.165) is 16.7 Å². The Kier molecular flexibility index (Phi) is 4.46. The van der Waals surface area contributed by atoms with Gasteiger partial charge in [-0.3, -0.25) is 9.59 Å². The maximum atomic E-state index is 12.5. The lowest BCUT2D eigenvalue weighted by molar-refractivity contribution is 0.102. The topological polar surface area (TPSA) is 62.8 Å². The van der Waals surface area contributed by atoms with Gasteiger partial charge in [-0.05, 0) is 36.1 Å². The fraction of sp³-hybridized carbons (Fsp3) is 0.136. The van der Waals surface area contributed by atoms with Crippen LogP contribution in [0.25, 0.3) is 21.3 Å². The number of nitrogens with one attached hydrogen (secondary N) is 1. The van der Waals surface area contributed by atoms with Crippen LogP contribution in [0.3, 0.4) is 0 Å². The monoisotopic (exact) mass is 374 g/mol. The third-order valence-electron chi connectivity index (χ3n) is 4.60. The van der Waals surface area contributed by atoms with Crippen molar-refractivity contribution in [3.05, 3.63) is 86.8 Å². The van der Waals surface area contributed by atoms with E-state index in [-0.39, 0.29) is 11.3 Å². The summed E-state index contributed by atoms with van der Waals surface area (Å²) in [5, 5.41) is 0.522. The molecule has 2 aromatic carbocycles. The van der Waals surface area contributed by atoms with E-state index in [1.807, 2.05) is 30.3 Å². The van der Waals surface area contributed by atoms with Gasteiger partial charge in [0.15, 0.2) is 5.78 Å². The average Bonchev–Trinajstić information content (AvgIpc) is 3.00. The number of nitrogens with zero attached hydrogens (tertiary/aromatic N) is 1. The molecule has 2 heterocycles. The number of rotatable bonds is 4. The van der Waals surface area contributed by atoms with Gasteiger partial charge in [-0.25, -0.2) is 4.98 Å². The number of thiophene rings is 1. The maximum Gasteiger partial charge on any atom is 0.259 e. The molecule has 4 nitrogen and oxygen atoms in total. The fourth-order valence-electron chi connectivity index (χ4n) is 3.25. The molecule has 0 aliphatic rings. The van der Waals surface area contributed by atoms with E-state index in [2.05, 4.69) is 34.2 Å².